The van der Waals surface area contributed by atoms with Crippen molar-refractivity contribution in [1.82, 2.24) is 25.0 Å². The molecule has 8 nitrogen and oxygen atoms in total. The predicted octanol–water partition coefficient (Wildman–Crippen LogP) is 6.17. The van der Waals surface area contributed by atoms with Crippen molar-refractivity contribution < 1.29 is 4.39 Å². The highest BCUT2D eigenvalue weighted by atomic mass is 19.1. The number of nitrogens with one attached hydrogen (secondary N) is 2. The van der Waals surface area contributed by atoms with Crippen molar-refractivity contribution in [2.45, 2.75) is 45.1 Å². The number of hydrogen-bond acceptors (Lipinski definition) is 7. The summed E-state index contributed by atoms with van der Waals surface area (Å²) in [5.41, 5.74) is 4.01. The fraction of sp³-hybridized carbons (Fsp3) is 0.281. The molecule has 10 heteroatoms. The minimum absolute atomic E-state index is 0.0332. The van der Waals surface area contributed by atoms with Crippen molar-refractivity contribution in [3.63, 3.8) is 0 Å². The van der Waals surface area contributed by atoms with Crippen LogP contribution in [-0.2, 0) is 5.44 Å². The van der Waals surface area contributed by atoms with E-state index >= 15 is 0 Å². The van der Waals surface area contributed by atoms with Crippen LogP contribution in [0.25, 0.3) is 22.0 Å². The summed E-state index contributed by atoms with van der Waals surface area (Å²) in [6, 6.07) is 16.4. The Balaban J connectivity index is 1.55. The third kappa shape index (κ3) is 5.42. The lowest BCUT2D eigenvalue weighted by atomic mass is 9.69. The molecule has 0 aliphatic heterocycles. The van der Waals surface area contributed by atoms with Crippen molar-refractivity contribution in [2.24, 2.45) is 5.41 Å². The molecule has 2 N–H and O–H groups in total. The molecule has 3 aromatic heterocycles. The van der Waals surface area contributed by atoms with Crippen molar-refractivity contribution in [1.29, 1.82) is 5.26 Å². The van der Waals surface area contributed by atoms with Gasteiger partial charge in [-0.1, -0.05) is 38.1 Å². The van der Waals surface area contributed by atoms with E-state index in [1.807, 2.05) is 35.1 Å². The molecule has 1 aliphatic rings. The van der Waals surface area contributed by atoms with E-state index in [0.29, 0.717) is 40.8 Å². The molecule has 5 aromatic rings. The number of nitriles is 1. The molecule has 2 aromatic carbocycles. The molecule has 0 bridgehead atoms. The Bertz CT molecular complexity index is 1790. The first-order valence-corrected chi connectivity index (χ1v) is 13.9. The van der Waals surface area contributed by atoms with E-state index in [1.165, 1.54) is 12.1 Å². The minimum Gasteiger partial charge on any atom is -0.383 e. The second-order valence-corrected chi connectivity index (χ2v) is 12.0. The van der Waals surface area contributed by atoms with E-state index in [0.717, 1.165) is 34.9 Å². The molecule has 3 heterocycles. The summed E-state index contributed by atoms with van der Waals surface area (Å²) >= 11 is 0. The van der Waals surface area contributed by atoms with Crippen LogP contribution in [0.5, 0.6) is 0 Å². The second kappa shape index (κ2) is 10.6. The zero-order valence-corrected chi connectivity index (χ0v) is 23.8. The average Bonchev–Trinajstić information content (AvgIpc) is 3.71. The van der Waals surface area contributed by atoms with E-state index in [9.17, 15) is 9.65 Å². The summed E-state index contributed by atoms with van der Waals surface area (Å²) in [6.45, 7) is 7.03. The molecular weight excluding hydrogens is 526 g/mol. The number of rotatable bonds is 8. The van der Waals surface area contributed by atoms with Crippen LogP contribution in [0.1, 0.15) is 56.5 Å². The number of halogens is 1. The van der Waals surface area contributed by atoms with E-state index in [4.69, 9.17) is 12.8 Å². The minimum atomic E-state index is -1.34. The van der Waals surface area contributed by atoms with Gasteiger partial charge in [0.25, 0.3) is 0 Å². The number of anilines is 2. The Hall–Kier alpha value is -4.78. The average molecular weight is 556 g/mol. The van der Waals surface area contributed by atoms with Crippen LogP contribution in [0.2, 0.25) is 0 Å². The van der Waals surface area contributed by atoms with Gasteiger partial charge >= 0.3 is 0 Å². The zero-order valence-electron chi connectivity index (χ0n) is 23.8. The first-order valence-electron chi connectivity index (χ1n) is 13.9. The summed E-state index contributed by atoms with van der Waals surface area (Å²) in [6.07, 6.45) is 9.00. The van der Waals surface area contributed by atoms with Gasteiger partial charge in [-0.3, -0.25) is 9.97 Å². The molecule has 42 heavy (non-hydrogen) atoms. The summed E-state index contributed by atoms with van der Waals surface area (Å²) < 4.78 is 15.8. The summed E-state index contributed by atoms with van der Waals surface area (Å²) in [5.74, 6) is -0.363. The molecular formula is C32H30BFN8. The van der Waals surface area contributed by atoms with Crippen LogP contribution >= 0.6 is 0 Å². The lowest BCUT2D eigenvalue weighted by Gasteiger charge is -2.32. The third-order valence-corrected chi connectivity index (χ3v) is 7.35. The van der Waals surface area contributed by atoms with Crippen LogP contribution in [0.3, 0.4) is 0 Å². The molecule has 6 rings (SSSR count). The van der Waals surface area contributed by atoms with Crippen LogP contribution < -0.4 is 10.6 Å². The van der Waals surface area contributed by atoms with E-state index in [2.05, 4.69) is 52.8 Å². The van der Waals surface area contributed by atoms with Gasteiger partial charge in [-0.05, 0) is 65.8 Å². The first kappa shape index (κ1) is 27.4. The number of hydrogen-bond donors (Lipinski definition) is 2. The van der Waals surface area contributed by atoms with Gasteiger partial charge in [0.1, 0.15) is 25.4 Å². The number of fused-ring (bicyclic) bond motifs is 1. The van der Waals surface area contributed by atoms with Gasteiger partial charge in [0.2, 0.25) is 0 Å². The highest BCUT2D eigenvalue weighted by Crippen LogP contribution is 2.40. The number of benzene rings is 2. The molecule has 1 fully saturated rings. The lowest BCUT2D eigenvalue weighted by molar-refractivity contribution is 0.443. The van der Waals surface area contributed by atoms with Gasteiger partial charge in [-0.25, -0.2) is 9.07 Å². The van der Waals surface area contributed by atoms with Crippen LogP contribution in [0.15, 0.2) is 73.3 Å². The maximum atomic E-state index is 14.0. The Morgan fingerprint density at radius 2 is 1.83 bits per heavy atom. The topological polar surface area (TPSA) is 104 Å². The van der Waals surface area contributed by atoms with Gasteiger partial charge in [-0.15, -0.1) is 5.10 Å². The molecule has 208 valence electrons. The molecule has 1 unspecified atom stereocenters. The SMILES string of the molecule is [B]C(Nc1cc(-c2ccncc2)c2ncc(C#N)c(NCC(C)(C)C)c2c1)(c1ccc(F)cc1)c1cn(C2CC2)nn1. The van der Waals surface area contributed by atoms with Crippen molar-refractivity contribution >= 4 is 30.1 Å². The summed E-state index contributed by atoms with van der Waals surface area (Å²) in [7, 11) is 7.16. The maximum absolute atomic E-state index is 14.0. The molecule has 1 aliphatic carbocycles. The normalized spacial score (nSPS) is 14.7. The molecule has 0 saturated heterocycles. The fourth-order valence-electron chi connectivity index (χ4n) is 4.95. The Kier molecular flexibility index (Phi) is 6.89. The molecule has 2 radical (unpaired) electrons. The predicted molar refractivity (Wildman–Crippen MR) is 162 cm³/mol. The van der Waals surface area contributed by atoms with Crippen molar-refractivity contribution in [3.8, 4) is 17.2 Å². The van der Waals surface area contributed by atoms with Crippen LogP contribution in [0.4, 0.5) is 15.8 Å². The van der Waals surface area contributed by atoms with Gasteiger partial charge < -0.3 is 10.6 Å². The largest absolute Gasteiger partial charge is 0.383 e. The quantitative estimate of drug-likeness (QED) is 0.220. The number of pyridine rings is 2. The Morgan fingerprint density at radius 1 is 1.10 bits per heavy atom. The number of aromatic nitrogens is 5. The smallest absolute Gasteiger partial charge is 0.123 e. The first-order chi connectivity index (χ1) is 20.1. The van der Waals surface area contributed by atoms with Gasteiger partial charge in [0.05, 0.1) is 34.4 Å². The maximum Gasteiger partial charge on any atom is 0.123 e. The van der Waals surface area contributed by atoms with Crippen LogP contribution in [0, 0.1) is 22.6 Å². The highest BCUT2D eigenvalue weighted by Gasteiger charge is 2.34. The zero-order chi connectivity index (χ0) is 29.5. The van der Waals surface area contributed by atoms with Crippen molar-refractivity contribution in [2.75, 3.05) is 17.2 Å². The Morgan fingerprint density at radius 3 is 2.50 bits per heavy atom. The van der Waals surface area contributed by atoms with Gasteiger partial charge in [0, 0.05) is 41.8 Å². The highest BCUT2D eigenvalue weighted by molar-refractivity contribution is 6.19. The standard InChI is InChI=1S/C32H30BFN8/c1-31(2,3)19-38-29-21(16-35)17-37-30-26(20-10-12-36-13-11-20)14-24(15-27(29)30)39-32(33,22-4-6-23(34)7-5-22)28-18-42(41-40-28)25-8-9-25/h4-7,10-15,17-18,25,39H,8-9,19H2,1-3H3,(H,37,38). The summed E-state index contributed by atoms with van der Waals surface area (Å²) in [4.78, 5) is 8.90. The Labute approximate surface area is 245 Å². The van der Waals surface area contributed by atoms with Gasteiger partial charge in [0.15, 0.2) is 0 Å². The van der Waals surface area contributed by atoms with E-state index in [1.54, 1.807) is 30.7 Å². The molecule has 1 saturated carbocycles. The molecule has 0 amide bonds. The third-order valence-electron chi connectivity index (χ3n) is 7.35. The van der Waals surface area contributed by atoms with Crippen LogP contribution in [-0.4, -0.2) is 39.4 Å². The van der Waals surface area contributed by atoms with E-state index in [-0.39, 0.29) is 11.2 Å². The summed E-state index contributed by atoms with van der Waals surface area (Å²) in [5, 5.41) is 26.6. The van der Waals surface area contributed by atoms with Gasteiger partial charge in [-0.2, -0.15) is 5.26 Å². The second-order valence-electron chi connectivity index (χ2n) is 12.0. The van der Waals surface area contributed by atoms with Crippen molar-refractivity contribution in [3.05, 3.63) is 96.0 Å². The van der Waals surface area contributed by atoms with E-state index < -0.39 is 5.44 Å². The molecule has 1 atom stereocenters. The monoisotopic (exact) mass is 556 g/mol. The lowest BCUT2D eigenvalue weighted by Crippen LogP contribution is -2.37. The molecule has 0 spiro atoms. The number of nitrogens with zero attached hydrogens (tertiary/aromatic N) is 6. The fourth-order valence-corrected chi connectivity index (χ4v) is 4.95.